The molecule has 1 N–H and O–H groups in total. The Morgan fingerprint density at radius 3 is 2.83 bits per heavy atom. The summed E-state index contributed by atoms with van der Waals surface area (Å²) in [5.74, 6) is 0. The minimum atomic E-state index is -0.368. The minimum Gasteiger partial charge on any atom is -0.380 e. The second kappa shape index (κ2) is 7.66. The van der Waals surface area contributed by atoms with E-state index >= 15 is 0 Å². The van der Waals surface area contributed by atoms with Crippen molar-refractivity contribution in [2.75, 3.05) is 25.1 Å². The highest BCUT2D eigenvalue weighted by molar-refractivity contribution is 5.62. The number of rotatable bonds is 8. The van der Waals surface area contributed by atoms with E-state index in [1.807, 2.05) is 13.0 Å². The van der Waals surface area contributed by atoms with E-state index in [4.69, 9.17) is 4.74 Å². The van der Waals surface area contributed by atoms with Crippen LogP contribution in [0.1, 0.15) is 25.3 Å². The van der Waals surface area contributed by atoms with E-state index < -0.39 is 0 Å². The summed E-state index contributed by atoms with van der Waals surface area (Å²) >= 11 is 0. The Morgan fingerprint density at radius 2 is 2.17 bits per heavy atom. The Labute approximate surface area is 107 Å². The number of anilines is 1. The van der Waals surface area contributed by atoms with Gasteiger partial charge in [-0.3, -0.25) is 10.1 Å². The molecule has 0 fully saturated rings. The molecule has 0 unspecified atom stereocenters. The van der Waals surface area contributed by atoms with Gasteiger partial charge in [0.25, 0.3) is 5.69 Å². The van der Waals surface area contributed by atoms with Crippen LogP contribution in [-0.4, -0.2) is 24.7 Å². The second-order valence-corrected chi connectivity index (χ2v) is 4.17. The summed E-state index contributed by atoms with van der Waals surface area (Å²) in [7, 11) is 0. The lowest BCUT2D eigenvalue weighted by Gasteiger charge is -2.08. The molecule has 0 saturated heterocycles. The van der Waals surface area contributed by atoms with Crippen LogP contribution in [0.3, 0.4) is 0 Å². The van der Waals surface area contributed by atoms with Crippen molar-refractivity contribution < 1.29 is 9.66 Å². The lowest BCUT2D eigenvalue weighted by atomic mass is 10.2. The van der Waals surface area contributed by atoms with Gasteiger partial charge in [0.1, 0.15) is 5.69 Å². The predicted octanol–water partition coefficient (Wildman–Crippen LogP) is 3.13. The van der Waals surface area contributed by atoms with Crippen molar-refractivity contribution in [1.82, 2.24) is 0 Å². The normalized spacial score (nSPS) is 10.3. The number of unbranched alkanes of at least 4 members (excludes halogenated alkanes) is 1. The summed E-state index contributed by atoms with van der Waals surface area (Å²) in [6.07, 6.45) is 2.15. The van der Waals surface area contributed by atoms with E-state index in [2.05, 4.69) is 12.2 Å². The lowest BCUT2D eigenvalue weighted by Crippen LogP contribution is -2.11. The number of hydrogen-bond acceptors (Lipinski definition) is 4. The fourth-order valence-electron chi connectivity index (χ4n) is 1.55. The Balaban J connectivity index is 2.44. The first-order valence-corrected chi connectivity index (χ1v) is 6.21. The number of nitro groups is 1. The van der Waals surface area contributed by atoms with E-state index in [0.29, 0.717) is 18.8 Å². The summed E-state index contributed by atoms with van der Waals surface area (Å²) in [5.41, 5.74) is 1.54. The van der Waals surface area contributed by atoms with E-state index in [0.717, 1.165) is 25.0 Å². The second-order valence-electron chi connectivity index (χ2n) is 4.17. The number of ether oxygens (including phenoxy) is 1. The molecule has 1 aromatic carbocycles. The van der Waals surface area contributed by atoms with Gasteiger partial charge in [-0.05, 0) is 25.0 Å². The largest absolute Gasteiger partial charge is 0.380 e. The highest BCUT2D eigenvalue weighted by atomic mass is 16.6. The molecule has 0 spiro atoms. The Hall–Kier alpha value is -1.62. The van der Waals surface area contributed by atoms with Crippen molar-refractivity contribution in [2.45, 2.75) is 26.7 Å². The van der Waals surface area contributed by atoms with Crippen LogP contribution in [0, 0.1) is 17.0 Å². The van der Waals surface area contributed by atoms with Gasteiger partial charge >= 0.3 is 0 Å². The molecule has 0 radical (unpaired) electrons. The first-order valence-electron chi connectivity index (χ1n) is 6.21. The van der Waals surface area contributed by atoms with E-state index in [9.17, 15) is 10.1 Å². The maximum atomic E-state index is 10.9. The lowest BCUT2D eigenvalue weighted by molar-refractivity contribution is -0.384. The first-order chi connectivity index (χ1) is 8.65. The number of nitro benzene ring substituents is 1. The van der Waals surface area contributed by atoms with Crippen molar-refractivity contribution in [2.24, 2.45) is 0 Å². The van der Waals surface area contributed by atoms with Crippen molar-refractivity contribution in [3.63, 3.8) is 0 Å². The molecule has 100 valence electrons. The number of nitrogens with zero attached hydrogens (tertiary/aromatic N) is 1. The van der Waals surface area contributed by atoms with Crippen LogP contribution in [0.5, 0.6) is 0 Å². The topological polar surface area (TPSA) is 64.4 Å². The Kier molecular flexibility index (Phi) is 6.14. The number of aryl methyl sites for hydroxylation is 1. The summed E-state index contributed by atoms with van der Waals surface area (Å²) < 4.78 is 5.39. The van der Waals surface area contributed by atoms with Gasteiger partial charge in [0.2, 0.25) is 0 Å². The molecule has 0 atom stereocenters. The molecule has 18 heavy (non-hydrogen) atoms. The zero-order chi connectivity index (χ0) is 13.4. The van der Waals surface area contributed by atoms with Gasteiger partial charge in [0, 0.05) is 19.2 Å². The SMILES string of the molecule is CCCCOCCNc1ccc(C)cc1[N+](=O)[O-]. The van der Waals surface area contributed by atoms with Gasteiger partial charge in [-0.15, -0.1) is 0 Å². The summed E-state index contributed by atoms with van der Waals surface area (Å²) in [6, 6.07) is 5.16. The molecule has 5 heteroatoms. The van der Waals surface area contributed by atoms with Crippen molar-refractivity contribution in [1.29, 1.82) is 0 Å². The van der Waals surface area contributed by atoms with E-state index in [-0.39, 0.29) is 10.6 Å². The number of hydrogen-bond donors (Lipinski definition) is 1. The van der Waals surface area contributed by atoms with Crippen molar-refractivity contribution in [3.8, 4) is 0 Å². The van der Waals surface area contributed by atoms with Gasteiger partial charge in [0.05, 0.1) is 11.5 Å². The molecule has 0 amide bonds. The third-order valence-electron chi connectivity index (χ3n) is 2.55. The third kappa shape index (κ3) is 4.71. The molecule has 0 heterocycles. The smallest absolute Gasteiger partial charge is 0.292 e. The van der Waals surface area contributed by atoms with Crippen LogP contribution >= 0.6 is 0 Å². The molecule has 0 aliphatic rings. The highest BCUT2D eigenvalue weighted by Crippen LogP contribution is 2.24. The van der Waals surface area contributed by atoms with Gasteiger partial charge in [-0.25, -0.2) is 0 Å². The van der Waals surface area contributed by atoms with Crippen molar-refractivity contribution in [3.05, 3.63) is 33.9 Å². The van der Waals surface area contributed by atoms with Crippen LogP contribution in [0.2, 0.25) is 0 Å². The summed E-state index contributed by atoms with van der Waals surface area (Å²) in [6.45, 7) is 5.83. The Bertz CT molecular complexity index is 394. The minimum absolute atomic E-state index is 0.114. The van der Waals surface area contributed by atoms with Crippen molar-refractivity contribution >= 4 is 11.4 Å². The number of benzene rings is 1. The average molecular weight is 252 g/mol. The first kappa shape index (κ1) is 14.4. The van der Waals surface area contributed by atoms with E-state index in [1.165, 1.54) is 0 Å². The van der Waals surface area contributed by atoms with Crippen LogP contribution in [-0.2, 0) is 4.74 Å². The zero-order valence-electron chi connectivity index (χ0n) is 10.9. The fraction of sp³-hybridized carbons (Fsp3) is 0.538. The molecule has 5 nitrogen and oxygen atoms in total. The maximum Gasteiger partial charge on any atom is 0.292 e. The molecule has 0 aliphatic carbocycles. The van der Waals surface area contributed by atoms with Gasteiger partial charge < -0.3 is 10.1 Å². The monoisotopic (exact) mass is 252 g/mol. The zero-order valence-corrected chi connectivity index (χ0v) is 10.9. The molecule has 0 aliphatic heterocycles. The molecule has 1 rings (SSSR count). The van der Waals surface area contributed by atoms with E-state index in [1.54, 1.807) is 12.1 Å². The summed E-state index contributed by atoms with van der Waals surface area (Å²) in [5, 5.41) is 13.9. The van der Waals surface area contributed by atoms with Gasteiger partial charge in [-0.2, -0.15) is 0 Å². The predicted molar refractivity (Wildman–Crippen MR) is 72.1 cm³/mol. The van der Waals surface area contributed by atoms with Gasteiger partial charge in [-0.1, -0.05) is 19.4 Å². The average Bonchev–Trinajstić information content (AvgIpc) is 2.35. The summed E-state index contributed by atoms with van der Waals surface area (Å²) in [4.78, 5) is 10.5. The molecule has 0 saturated carbocycles. The highest BCUT2D eigenvalue weighted by Gasteiger charge is 2.12. The molecule has 0 aromatic heterocycles. The van der Waals surface area contributed by atoms with Crippen LogP contribution in [0.25, 0.3) is 0 Å². The standard InChI is InChI=1S/C13H20N2O3/c1-3-4-8-18-9-7-14-12-6-5-11(2)10-13(12)15(16)17/h5-6,10,14H,3-4,7-9H2,1-2H3. The molecular weight excluding hydrogens is 232 g/mol. The van der Waals surface area contributed by atoms with Crippen LogP contribution < -0.4 is 5.32 Å². The fourth-order valence-corrected chi connectivity index (χ4v) is 1.55. The Morgan fingerprint density at radius 1 is 1.39 bits per heavy atom. The maximum absolute atomic E-state index is 10.9. The van der Waals surface area contributed by atoms with Gasteiger partial charge in [0.15, 0.2) is 0 Å². The van der Waals surface area contributed by atoms with Crippen LogP contribution in [0.4, 0.5) is 11.4 Å². The number of nitrogens with one attached hydrogen (secondary N) is 1. The molecular formula is C13H20N2O3. The quantitative estimate of drug-likeness (QED) is 0.438. The molecule has 0 bridgehead atoms. The molecule has 1 aromatic rings. The van der Waals surface area contributed by atoms with Crippen LogP contribution in [0.15, 0.2) is 18.2 Å². The third-order valence-corrected chi connectivity index (χ3v) is 2.55.